The van der Waals surface area contributed by atoms with Gasteiger partial charge in [-0.2, -0.15) is 0 Å². The molecule has 1 aliphatic rings. The zero-order valence-corrected chi connectivity index (χ0v) is 8.06. The van der Waals surface area contributed by atoms with Gasteiger partial charge in [-0.05, 0) is 13.8 Å². The van der Waals surface area contributed by atoms with Crippen molar-refractivity contribution in [1.29, 1.82) is 0 Å². The molecule has 1 saturated heterocycles. The Balaban J connectivity index is 2.74. The molecule has 0 amide bonds. The Hall–Kier alpha value is -0.640. The summed E-state index contributed by atoms with van der Waals surface area (Å²) >= 11 is 0. The Morgan fingerprint density at radius 1 is 1.38 bits per heavy atom. The normalized spacial score (nSPS) is 34.1. The molecular weight excluding hydrogens is 168 g/mol. The Morgan fingerprint density at radius 2 is 2.00 bits per heavy atom. The zero-order valence-electron chi connectivity index (χ0n) is 8.06. The van der Waals surface area contributed by atoms with Gasteiger partial charge in [0.1, 0.15) is 18.3 Å². The summed E-state index contributed by atoms with van der Waals surface area (Å²) < 4.78 is 11.0. The van der Waals surface area contributed by atoms with Crippen molar-refractivity contribution < 1.29 is 14.6 Å². The van der Waals surface area contributed by atoms with Crippen LogP contribution in [0.25, 0.3) is 0 Å². The van der Waals surface area contributed by atoms with Crippen molar-refractivity contribution in [3.05, 3.63) is 25.3 Å². The van der Waals surface area contributed by atoms with Gasteiger partial charge in [0.2, 0.25) is 0 Å². The molecule has 0 aromatic carbocycles. The molecule has 3 atom stereocenters. The van der Waals surface area contributed by atoms with E-state index in [4.69, 9.17) is 9.47 Å². The molecule has 1 aliphatic heterocycles. The standard InChI is InChI=1S/C10H16O3/c1-5-7(11)9-8(6-2)12-10(3,4)13-9/h5-9,11H,1-2H2,3-4H3/t7-,8+,9-/m1/s1. The highest BCUT2D eigenvalue weighted by molar-refractivity contribution is 5.00. The summed E-state index contributed by atoms with van der Waals surface area (Å²) in [5, 5.41) is 9.52. The Labute approximate surface area is 78.7 Å². The molecule has 3 nitrogen and oxygen atoms in total. The van der Waals surface area contributed by atoms with E-state index >= 15 is 0 Å². The van der Waals surface area contributed by atoms with E-state index in [1.165, 1.54) is 6.08 Å². The molecule has 13 heavy (non-hydrogen) atoms. The van der Waals surface area contributed by atoms with Crippen LogP contribution in [0.1, 0.15) is 13.8 Å². The predicted molar refractivity (Wildman–Crippen MR) is 50.2 cm³/mol. The highest BCUT2D eigenvalue weighted by Gasteiger charge is 2.42. The fourth-order valence-corrected chi connectivity index (χ4v) is 1.40. The van der Waals surface area contributed by atoms with Crippen LogP contribution in [-0.4, -0.2) is 29.2 Å². The van der Waals surface area contributed by atoms with Crippen molar-refractivity contribution in [2.24, 2.45) is 0 Å². The van der Waals surface area contributed by atoms with Gasteiger partial charge in [-0.1, -0.05) is 12.2 Å². The molecule has 74 valence electrons. The first-order chi connectivity index (χ1) is 6.00. The fraction of sp³-hybridized carbons (Fsp3) is 0.600. The monoisotopic (exact) mass is 184 g/mol. The second kappa shape index (κ2) is 3.62. The molecule has 1 rings (SSSR count). The maximum absolute atomic E-state index is 9.52. The third-order valence-corrected chi connectivity index (χ3v) is 1.97. The Bertz CT molecular complexity index is 210. The number of aliphatic hydroxyl groups is 1. The molecule has 0 saturated carbocycles. The summed E-state index contributed by atoms with van der Waals surface area (Å²) in [6, 6.07) is 0. The topological polar surface area (TPSA) is 38.7 Å². The summed E-state index contributed by atoms with van der Waals surface area (Å²) in [7, 11) is 0. The number of hydrogen-bond donors (Lipinski definition) is 1. The molecule has 0 unspecified atom stereocenters. The lowest BCUT2D eigenvalue weighted by molar-refractivity contribution is -0.150. The number of hydrogen-bond acceptors (Lipinski definition) is 3. The number of ether oxygens (including phenoxy) is 2. The van der Waals surface area contributed by atoms with E-state index in [1.54, 1.807) is 19.9 Å². The van der Waals surface area contributed by atoms with Gasteiger partial charge < -0.3 is 14.6 Å². The average molecular weight is 184 g/mol. The maximum Gasteiger partial charge on any atom is 0.164 e. The Morgan fingerprint density at radius 3 is 2.46 bits per heavy atom. The highest BCUT2D eigenvalue weighted by Crippen LogP contribution is 2.30. The SMILES string of the molecule is C=C[C@@H](O)[C@H]1OC(C)(C)O[C@H]1C=C. The average Bonchev–Trinajstić information content (AvgIpc) is 2.39. The van der Waals surface area contributed by atoms with Crippen molar-refractivity contribution in [3.63, 3.8) is 0 Å². The summed E-state index contributed by atoms with van der Waals surface area (Å²) in [5.74, 6) is -0.659. The second-order valence-electron chi connectivity index (χ2n) is 3.53. The van der Waals surface area contributed by atoms with Gasteiger partial charge in [-0.25, -0.2) is 0 Å². The van der Waals surface area contributed by atoms with Gasteiger partial charge in [0.25, 0.3) is 0 Å². The number of aliphatic hydroxyl groups excluding tert-OH is 1. The minimum Gasteiger partial charge on any atom is -0.386 e. The van der Waals surface area contributed by atoms with Crippen LogP contribution in [0.4, 0.5) is 0 Å². The van der Waals surface area contributed by atoms with Crippen LogP contribution < -0.4 is 0 Å². The van der Waals surface area contributed by atoms with Gasteiger partial charge in [0, 0.05) is 0 Å². The van der Waals surface area contributed by atoms with E-state index in [0.717, 1.165) is 0 Å². The first-order valence-electron chi connectivity index (χ1n) is 4.29. The highest BCUT2D eigenvalue weighted by atomic mass is 16.8. The molecular formula is C10H16O3. The summed E-state index contributed by atoms with van der Waals surface area (Å²) in [4.78, 5) is 0. The van der Waals surface area contributed by atoms with Gasteiger partial charge >= 0.3 is 0 Å². The van der Waals surface area contributed by atoms with Crippen molar-refractivity contribution in [3.8, 4) is 0 Å². The van der Waals surface area contributed by atoms with Gasteiger partial charge in [0.05, 0.1) is 0 Å². The van der Waals surface area contributed by atoms with E-state index in [9.17, 15) is 5.11 Å². The molecule has 1 N–H and O–H groups in total. The Kier molecular flexibility index (Phi) is 2.91. The van der Waals surface area contributed by atoms with Gasteiger partial charge in [-0.15, -0.1) is 13.2 Å². The largest absolute Gasteiger partial charge is 0.386 e. The minimum atomic E-state index is -0.718. The van der Waals surface area contributed by atoms with Crippen LogP contribution in [-0.2, 0) is 9.47 Å². The zero-order chi connectivity index (χ0) is 10.1. The van der Waals surface area contributed by atoms with E-state index in [1.807, 2.05) is 0 Å². The van der Waals surface area contributed by atoms with E-state index in [0.29, 0.717) is 0 Å². The van der Waals surface area contributed by atoms with Crippen LogP contribution in [0.2, 0.25) is 0 Å². The van der Waals surface area contributed by atoms with Crippen LogP contribution in [0.15, 0.2) is 25.3 Å². The van der Waals surface area contributed by atoms with Crippen LogP contribution in [0.3, 0.4) is 0 Å². The lowest BCUT2D eigenvalue weighted by Gasteiger charge is -2.18. The van der Waals surface area contributed by atoms with Crippen LogP contribution in [0, 0.1) is 0 Å². The first-order valence-corrected chi connectivity index (χ1v) is 4.29. The van der Waals surface area contributed by atoms with Crippen LogP contribution >= 0.6 is 0 Å². The molecule has 0 aliphatic carbocycles. The molecule has 0 aromatic rings. The first kappa shape index (κ1) is 10.4. The van der Waals surface area contributed by atoms with Crippen LogP contribution in [0.5, 0.6) is 0 Å². The molecule has 0 bridgehead atoms. The number of rotatable bonds is 3. The maximum atomic E-state index is 9.52. The smallest absolute Gasteiger partial charge is 0.164 e. The molecule has 0 aromatic heterocycles. The second-order valence-corrected chi connectivity index (χ2v) is 3.53. The predicted octanol–water partition coefficient (Wildman–Crippen LogP) is 1.24. The minimum absolute atomic E-state index is 0.275. The summed E-state index contributed by atoms with van der Waals surface area (Å²) in [6.45, 7) is 10.7. The van der Waals surface area contributed by atoms with Gasteiger partial charge in [-0.3, -0.25) is 0 Å². The molecule has 1 fully saturated rings. The fourth-order valence-electron chi connectivity index (χ4n) is 1.40. The van der Waals surface area contributed by atoms with E-state index < -0.39 is 18.0 Å². The van der Waals surface area contributed by atoms with Crippen molar-refractivity contribution in [2.45, 2.75) is 37.9 Å². The van der Waals surface area contributed by atoms with E-state index in [2.05, 4.69) is 13.2 Å². The van der Waals surface area contributed by atoms with Crippen molar-refractivity contribution >= 4 is 0 Å². The third-order valence-electron chi connectivity index (χ3n) is 1.97. The summed E-state index contributed by atoms with van der Waals surface area (Å²) in [6.07, 6.45) is 1.68. The third kappa shape index (κ3) is 2.18. The summed E-state index contributed by atoms with van der Waals surface area (Å²) in [5.41, 5.74) is 0. The molecule has 0 spiro atoms. The molecule has 0 radical (unpaired) electrons. The quantitative estimate of drug-likeness (QED) is 0.671. The van der Waals surface area contributed by atoms with Crippen molar-refractivity contribution in [2.75, 3.05) is 0 Å². The lowest BCUT2D eigenvalue weighted by atomic mass is 10.1. The lowest BCUT2D eigenvalue weighted by Crippen LogP contribution is -2.32. The van der Waals surface area contributed by atoms with Crippen molar-refractivity contribution in [1.82, 2.24) is 0 Å². The molecule has 1 heterocycles. The van der Waals surface area contributed by atoms with Gasteiger partial charge in [0.15, 0.2) is 5.79 Å². The molecule has 3 heteroatoms. The van der Waals surface area contributed by atoms with E-state index in [-0.39, 0.29) is 6.10 Å².